The summed E-state index contributed by atoms with van der Waals surface area (Å²) in [7, 11) is 1.45. The molecule has 1 fully saturated rings. The highest BCUT2D eigenvalue weighted by Gasteiger charge is 2.39. The van der Waals surface area contributed by atoms with E-state index in [0.29, 0.717) is 23.0 Å². The van der Waals surface area contributed by atoms with Gasteiger partial charge in [-0.05, 0) is 19.1 Å². The van der Waals surface area contributed by atoms with Crippen LogP contribution in [0.2, 0.25) is 10.0 Å². The molecule has 2 heterocycles. The number of carboxylic acids is 1. The fraction of sp³-hybridized carbons (Fsp3) is 0.421. The van der Waals surface area contributed by atoms with Crippen molar-refractivity contribution >= 4 is 40.8 Å². The van der Waals surface area contributed by atoms with Gasteiger partial charge in [-0.3, -0.25) is 9.48 Å². The van der Waals surface area contributed by atoms with Crippen molar-refractivity contribution in [2.45, 2.75) is 25.7 Å². The van der Waals surface area contributed by atoms with E-state index in [9.17, 15) is 27.9 Å². The number of nitrogens with zero attached hydrogens (tertiary/aromatic N) is 4. The summed E-state index contributed by atoms with van der Waals surface area (Å²) in [6, 6.07) is 3.76. The molecular weight excluding hydrogens is 476 g/mol. The SMILES string of the molecule is COc1cc(N2CCN(C(=O)Cn3nc(C(F)(F)F)c(Cl)c3C)C(C(=O)O)C2)ccc1Cl. The van der Waals surface area contributed by atoms with Crippen molar-refractivity contribution in [3.8, 4) is 5.75 Å². The highest BCUT2D eigenvalue weighted by Crippen LogP contribution is 2.35. The molecule has 1 unspecified atom stereocenters. The standard InChI is InChI=1S/C19H19Cl2F3N4O4/c1-10-16(21)17(19(22,23)24)25-28(10)9-15(29)27-6-5-26(8-13(27)18(30)31)11-3-4-12(20)14(7-11)32-2/h3-4,7,13H,5-6,8-9H2,1-2H3,(H,30,31). The molecule has 3 rings (SSSR count). The maximum Gasteiger partial charge on any atom is 0.436 e. The van der Waals surface area contributed by atoms with Crippen LogP contribution in [0.4, 0.5) is 18.9 Å². The van der Waals surface area contributed by atoms with Gasteiger partial charge in [0.2, 0.25) is 5.91 Å². The highest BCUT2D eigenvalue weighted by atomic mass is 35.5. The van der Waals surface area contributed by atoms with E-state index in [1.54, 1.807) is 23.1 Å². The van der Waals surface area contributed by atoms with Crippen LogP contribution in [-0.4, -0.2) is 64.4 Å². The van der Waals surface area contributed by atoms with Crippen LogP contribution in [0.1, 0.15) is 11.4 Å². The zero-order chi connectivity index (χ0) is 23.8. The molecule has 13 heteroatoms. The summed E-state index contributed by atoms with van der Waals surface area (Å²) in [6.45, 7) is 1.05. The van der Waals surface area contributed by atoms with Crippen LogP contribution >= 0.6 is 23.2 Å². The normalized spacial score (nSPS) is 16.9. The molecule has 2 aromatic rings. The second kappa shape index (κ2) is 9.07. The summed E-state index contributed by atoms with van der Waals surface area (Å²) < 4.78 is 45.1. The molecule has 1 saturated heterocycles. The molecule has 0 spiro atoms. The van der Waals surface area contributed by atoms with Crippen molar-refractivity contribution in [2.24, 2.45) is 0 Å². The molecule has 8 nitrogen and oxygen atoms in total. The summed E-state index contributed by atoms with van der Waals surface area (Å²) in [5.41, 5.74) is -0.666. The van der Waals surface area contributed by atoms with Gasteiger partial charge in [-0.2, -0.15) is 18.3 Å². The van der Waals surface area contributed by atoms with Crippen molar-refractivity contribution < 1.29 is 32.6 Å². The Kier molecular flexibility index (Phi) is 6.80. The number of ether oxygens (including phenoxy) is 1. The topological polar surface area (TPSA) is 87.9 Å². The number of alkyl halides is 3. The van der Waals surface area contributed by atoms with Gasteiger partial charge in [0.05, 0.1) is 22.8 Å². The minimum atomic E-state index is -4.77. The maximum atomic E-state index is 13.0. The van der Waals surface area contributed by atoms with E-state index in [1.807, 2.05) is 0 Å². The Hall–Kier alpha value is -2.66. The Balaban J connectivity index is 1.79. The monoisotopic (exact) mass is 494 g/mol. The summed E-state index contributed by atoms with van der Waals surface area (Å²) in [5.74, 6) is -1.50. The van der Waals surface area contributed by atoms with Crippen LogP contribution < -0.4 is 9.64 Å². The molecule has 0 aliphatic carbocycles. The van der Waals surface area contributed by atoms with E-state index in [4.69, 9.17) is 27.9 Å². The Morgan fingerprint density at radius 3 is 2.53 bits per heavy atom. The first-order valence-electron chi connectivity index (χ1n) is 9.35. The first-order chi connectivity index (χ1) is 14.9. The second-order valence-corrected chi connectivity index (χ2v) is 7.89. The van der Waals surface area contributed by atoms with Crippen LogP contribution in [0.15, 0.2) is 18.2 Å². The predicted molar refractivity (Wildman–Crippen MR) is 110 cm³/mol. The van der Waals surface area contributed by atoms with E-state index in [2.05, 4.69) is 5.10 Å². The van der Waals surface area contributed by atoms with Gasteiger partial charge in [0.25, 0.3) is 0 Å². The maximum absolute atomic E-state index is 13.0. The third-order valence-corrected chi connectivity index (χ3v) is 5.94. The fourth-order valence-electron chi connectivity index (χ4n) is 3.45. The number of carboxylic acid groups (broad SMARTS) is 1. The number of anilines is 1. The lowest BCUT2D eigenvalue weighted by atomic mass is 10.1. The van der Waals surface area contributed by atoms with Gasteiger partial charge < -0.3 is 19.6 Å². The summed E-state index contributed by atoms with van der Waals surface area (Å²) in [4.78, 5) is 27.6. The molecule has 0 radical (unpaired) electrons. The molecule has 1 aliphatic heterocycles. The number of aromatic nitrogens is 2. The van der Waals surface area contributed by atoms with Crippen LogP contribution in [0.5, 0.6) is 5.75 Å². The number of methoxy groups -OCH3 is 1. The first kappa shape index (κ1) is 24.0. The van der Waals surface area contributed by atoms with Crippen molar-refractivity contribution in [3.63, 3.8) is 0 Å². The second-order valence-electron chi connectivity index (χ2n) is 7.11. The van der Waals surface area contributed by atoms with Crippen LogP contribution in [-0.2, 0) is 22.3 Å². The molecule has 32 heavy (non-hydrogen) atoms. The van der Waals surface area contributed by atoms with Gasteiger partial charge in [0, 0.05) is 31.4 Å². The zero-order valence-corrected chi connectivity index (χ0v) is 18.5. The Bertz CT molecular complexity index is 1040. The Morgan fingerprint density at radius 1 is 1.28 bits per heavy atom. The molecule has 0 saturated carbocycles. The van der Waals surface area contributed by atoms with E-state index < -0.39 is 41.4 Å². The number of piperazine rings is 1. The van der Waals surface area contributed by atoms with E-state index in [0.717, 1.165) is 9.58 Å². The molecule has 1 atom stereocenters. The Labute approximate surface area is 191 Å². The summed E-state index contributed by atoms with van der Waals surface area (Å²) in [6.07, 6.45) is -4.77. The number of carbonyl (C=O) groups excluding carboxylic acids is 1. The molecule has 1 aromatic carbocycles. The van der Waals surface area contributed by atoms with Crippen LogP contribution in [0, 0.1) is 6.92 Å². The van der Waals surface area contributed by atoms with Crippen LogP contribution in [0.3, 0.4) is 0 Å². The largest absolute Gasteiger partial charge is 0.495 e. The average molecular weight is 495 g/mol. The highest BCUT2D eigenvalue weighted by molar-refractivity contribution is 6.32. The fourth-order valence-corrected chi connectivity index (χ4v) is 3.89. The minimum Gasteiger partial charge on any atom is -0.495 e. The number of hydrogen-bond donors (Lipinski definition) is 1. The van der Waals surface area contributed by atoms with Gasteiger partial charge in [-0.25, -0.2) is 4.79 Å². The lowest BCUT2D eigenvalue weighted by Crippen LogP contribution is -2.59. The van der Waals surface area contributed by atoms with Gasteiger partial charge in [0.1, 0.15) is 18.3 Å². The van der Waals surface area contributed by atoms with Crippen molar-refractivity contribution in [1.82, 2.24) is 14.7 Å². The van der Waals surface area contributed by atoms with Gasteiger partial charge in [-0.1, -0.05) is 23.2 Å². The van der Waals surface area contributed by atoms with Crippen LogP contribution in [0.25, 0.3) is 0 Å². The average Bonchev–Trinajstić information content (AvgIpc) is 3.02. The zero-order valence-electron chi connectivity index (χ0n) is 17.0. The number of carbonyl (C=O) groups is 2. The summed E-state index contributed by atoms with van der Waals surface area (Å²) in [5, 5.41) is 12.9. The van der Waals surface area contributed by atoms with Crippen molar-refractivity contribution in [2.75, 3.05) is 31.6 Å². The van der Waals surface area contributed by atoms with Gasteiger partial charge in [-0.15, -0.1) is 0 Å². The number of halogens is 5. The lowest BCUT2D eigenvalue weighted by Gasteiger charge is -2.40. The third-order valence-electron chi connectivity index (χ3n) is 5.17. The molecule has 1 aromatic heterocycles. The predicted octanol–water partition coefficient (Wildman–Crippen LogP) is 3.33. The number of aliphatic carboxylic acids is 1. The first-order valence-corrected chi connectivity index (χ1v) is 10.1. The van der Waals surface area contributed by atoms with Crippen molar-refractivity contribution in [1.29, 1.82) is 0 Å². The third kappa shape index (κ3) is 4.73. The van der Waals surface area contributed by atoms with E-state index in [1.165, 1.54) is 14.0 Å². The number of rotatable bonds is 5. The molecule has 0 bridgehead atoms. The van der Waals surface area contributed by atoms with Gasteiger partial charge >= 0.3 is 12.1 Å². The number of benzene rings is 1. The van der Waals surface area contributed by atoms with Crippen molar-refractivity contribution in [3.05, 3.63) is 39.6 Å². The van der Waals surface area contributed by atoms with Gasteiger partial charge in [0.15, 0.2) is 5.69 Å². The van der Waals surface area contributed by atoms with E-state index >= 15 is 0 Å². The molecular formula is C19H19Cl2F3N4O4. The minimum absolute atomic E-state index is 0.0293. The van der Waals surface area contributed by atoms with E-state index in [-0.39, 0.29) is 18.8 Å². The summed E-state index contributed by atoms with van der Waals surface area (Å²) >= 11 is 11.8. The Morgan fingerprint density at radius 2 is 1.97 bits per heavy atom. The number of hydrogen-bond acceptors (Lipinski definition) is 5. The quantitative estimate of drug-likeness (QED) is 0.685. The molecule has 1 aliphatic rings. The molecule has 174 valence electrons. The molecule has 1 amide bonds. The number of amides is 1. The smallest absolute Gasteiger partial charge is 0.436 e. The molecule has 1 N–H and O–H groups in total. The lowest BCUT2D eigenvalue weighted by molar-refractivity contribution is -0.151.